The normalized spacial score (nSPS) is 12.1. The third kappa shape index (κ3) is 2.90. The first-order chi connectivity index (χ1) is 8.68. The maximum Gasteiger partial charge on any atom is 0.311 e. The summed E-state index contributed by atoms with van der Waals surface area (Å²) in [5.74, 6) is -1.46. The van der Waals surface area contributed by atoms with E-state index in [2.05, 4.69) is 0 Å². The Morgan fingerprint density at radius 1 is 1.06 bits per heavy atom. The lowest BCUT2D eigenvalue weighted by atomic mass is 9.92. The van der Waals surface area contributed by atoms with Gasteiger partial charge < -0.3 is 5.11 Å². The number of carbonyl (C=O) groups is 1. The summed E-state index contributed by atoms with van der Waals surface area (Å²) in [6, 6.07) is 16.7. The van der Waals surface area contributed by atoms with Crippen molar-refractivity contribution in [1.29, 1.82) is 0 Å². The number of hydrogen-bond donors (Lipinski definition) is 1. The smallest absolute Gasteiger partial charge is 0.311 e. The van der Waals surface area contributed by atoms with Crippen molar-refractivity contribution in [1.82, 2.24) is 0 Å². The second-order valence-corrected chi connectivity index (χ2v) is 4.51. The second kappa shape index (κ2) is 5.69. The molecule has 2 aromatic rings. The van der Waals surface area contributed by atoms with Crippen LogP contribution in [0.25, 0.3) is 0 Å². The van der Waals surface area contributed by atoms with Gasteiger partial charge in [0, 0.05) is 5.02 Å². The van der Waals surface area contributed by atoms with Gasteiger partial charge in [0.1, 0.15) is 0 Å². The van der Waals surface area contributed by atoms with Crippen molar-refractivity contribution in [2.24, 2.45) is 0 Å². The molecule has 0 aliphatic heterocycles. The molecule has 1 N–H and O–H groups in total. The van der Waals surface area contributed by atoms with Crippen LogP contribution in [0.5, 0.6) is 0 Å². The van der Waals surface area contributed by atoms with E-state index in [0.717, 1.165) is 5.56 Å². The number of carboxylic acids is 1. The van der Waals surface area contributed by atoms with E-state index in [0.29, 0.717) is 17.0 Å². The quantitative estimate of drug-likeness (QED) is 0.909. The summed E-state index contributed by atoms with van der Waals surface area (Å²) in [4.78, 5) is 11.4. The lowest BCUT2D eigenvalue weighted by molar-refractivity contribution is -0.138. The molecule has 3 heteroatoms. The Labute approximate surface area is 111 Å². The first-order valence-corrected chi connectivity index (χ1v) is 6.07. The van der Waals surface area contributed by atoms with Gasteiger partial charge in [-0.2, -0.15) is 0 Å². The van der Waals surface area contributed by atoms with E-state index in [9.17, 15) is 9.90 Å². The van der Waals surface area contributed by atoms with Crippen LogP contribution in [0.15, 0.2) is 54.6 Å². The van der Waals surface area contributed by atoms with Crippen molar-refractivity contribution in [2.75, 3.05) is 0 Å². The number of rotatable bonds is 4. The number of carboxylic acid groups (broad SMARTS) is 1. The van der Waals surface area contributed by atoms with Gasteiger partial charge in [-0.25, -0.2) is 0 Å². The van der Waals surface area contributed by atoms with Crippen LogP contribution >= 0.6 is 11.6 Å². The fourth-order valence-corrected chi connectivity index (χ4v) is 2.21. The highest BCUT2D eigenvalue weighted by Gasteiger charge is 2.22. The molecule has 92 valence electrons. The summed E-state index contributed by atoms with van der Waals surface area (Å²) >= 11 is 6.07. The van der Waals surface area contributed by atoms with Crippen LogP contribution in [0.1, 0.15) is 17.0 Å². The first kappa shape index (κ1) is 12.7. The predicted octanol–water partition coefficient (Wildman–Crippen LogP) is 3.75. The summed E-state index contributed by atoms with van der Waals surface area (Å²) in [5.41, 5.74) is 1.65. The van der Waals surface area contributed by atoms with Gasteiger partial charge in [-0.05, 0) is 23.6 Å². The molecule has 1 atom stereocenters. The monoisotopic (exact) mass is 260 g/mol. The molecule has 0 saturated carbocycles. The number of halogens is 1. The lowest BCUT2D eigenvalue weighted by Crippen LogP contribution is -2.14. The largest absolute Gasteiger partial charge is 0.481 e. The highest BCUT2D eigenvalue weighted by atomic mass is 35.5. The van der Waals surface area contributed by atoms with Gasteiger partial charge in [0.2, 0.25) is 0 Å². The molecule has 2 nitrogen and oxygen atoms in total. The predicted molar refractivity (Wildman–Crippen MR) is 72.0 cm³/mol. The van der Waals surface area contributed by atoms with Crippen molar-refractivity contribution in [3.05, 3.63) is 70.7 Å². The van der Waals surface area contributed by atoms with E-state index >= 15 is 0 Å². The number of hydrogen-bond acceptors (Lipinski definition) is 1. The maximum atomic E-state index is 11.4. The van der Waals surface area contributed by atoms with Crippen LogP contribution in [-0.2, 0) is 11.2 Å². The van der Waals surface area contributed by atoms with Gasteiger partial charge >= 0.3 is 5.97 Å². The van der Waals surface area contributed by atoms with Crippen molar-refractivity contribution in [2.45, 2.75) is 12.3 Å². The summed E-state index contributed by atoms with van der Waals surface area (Å²) in [5, 5.41) is 9.85. The van der Waals surface area contributed by atoms with Gasteiger partial charge in [0.05, 0.1) is 5.92 Å². The molecule has 0 amide bonds. The SMILES string of the molecule is O=C(O)[C@H](Cc1ccccc1)c1ccccc1Cl. The van der Waals surface area contributed by atoms with Crippen molar-refractivity contribution >= 4 is 17.6 Å². The van der Waals surface area contributed by atoms with Crippen molar-refractivity contribution < 1.29 is 9.90 Å². The third-order valence-electron chi connectivity index (χ3n) is 2.86. The van der Waals surface area contributed by atoms with Crippen LogP contribution in [0.4, 0.5) is 0 Å². The molecule has 2 aromatic carbocycles. The minimum atomic E-state index is -0.855. The van der Waals surface area contributed by atoms with Crippen LogP contribution in [0.3, 0.4) is 0 Å². The Morgan fingerprint density at radius 3 is 2.28 bits per heavy atom. The Hall–Kier alpha value is -1.80. The summed E-state index contributed by atoms with van der Waals surface area (Å²) in [6.45, 7) is 0. The maximum absolute atomic E-state index is 11.4. The summed E-state index contributed by atoms with van der Waals surface area (Å²) in [7, 11) is 0. The van der Waals surface area contributed by atoms with E-state index in [1.165, 1.54) is 0 Å². The molecular weight excluding hydrogens is 248 g/mol. The summed E-state index contributed by atoms with van der Waals surface area (Å²) < 4.78 is 0. The van der Waals surface area contributed by atoms with Gasteiger partial charge in [0.25, 0.3) is 0 Å². The standard InChI is InChI=1S/C15H13ClO2/c16-14-9-5-4-8-12(14)13(15(17)18)10-11-6-2-1-3-7-11/h1-9,13H,10H2,(H,17,18)/t13-/m1/s1. The van der Waals surface area contributed by atoms with E-state index in [-0.39, 0.29) is 0 Å². The Balaban J connectivity index is 2.30. The zero-order chi connectivity index (χ0) is 13.0. The fraction of sp³-hybridized carbons (Fsp3) is 0.133. The minimum absolute atomic E-state index is 0.444. The molecule has 0 bridgehead atoms. The Bertz CT molecular complexity index is 537. The molecule has 18 heavy (non-hydrogen) atoms. The molecule has 0 saturated heterocycles. The molecule has 0 aromatic heterocycles. The second-order valence-electron chi connectivity index (χ2n) is 4.10. The average molecular weight is 261 g/mol. The van der Waals surface area contributed by atoms with Crippen LogP contribution in [-0.4, -0.2) is 11.1 Å². The number of benzene rings is 2. The van der Waals surface area contributed by atoms with E-state index in [1.807, 2.05) is 36.4 Å². The van der Waals surface area contributed by atoms with Gasteiger partial charge in [-0.1, -0.05) is 60.1 Å². The van der Waals surface area contributed by atoms with E-state index < -0.39 is 11.9 Å². The van der Waals surface area contributed by atoms with Crippen molar-refractivity contribution in [3.8, 4) is 0 Å². The lowest BCUT2D eigenvalue weighted by Gasteiger charge is -2.14. The third-order valence-corrected chi connectivity index (χ3v) is 3.21. The fourth-order valence-electron chi connectivity index (χ4n) is 1.94. The average Bonchev–Trinajstić information content (AvgIpc) is 2.38. The molecule has 0 heterocycles. The summed E-state index contributed by atoms with van der Waals surface area (Å²) in [6.07, 6.45) is 0.444. The van der Waals surface area contributed by atoms with Gasteiger partial charge in [-0.3, -0.25) is 4.79 Å². The van der Waals surface area contributed by atoms with Crippen LogP contribution < -0.4 is 0 Å². The van der Waals surface area contributed by atoms with Crippen LogP contribution in [0, 0.1) is 0 Å². The molecule has 0 aliphatic carbocycles. The molecular formula is C15H13ClO2. The minimum Gasteiger partial charge on any atom is -0.481 e. The number of aliphatic carboxylic acids is 1. The zero-order valence-electron chi connectivity index (χ0n) is 9.71. The molecule has 0 unspecified atom stereocenters. The molecule has 0 aliphatic rings. The zero-order valence-corrected chi connectivity index (χ0v) is 10.5. The van der Waals surface area contributed by atoms with Gasteiger partial charge in [-0.15, -0.1) is 0 Å². The van der Waals surface area contributed by atoms with Crippen LogP contribution in [0.2, 0.25) is 5.02 Å². The van der Waals surface area contributed by atoms with E-state index in [1.54, 1.807) is 18.2 Å². The molecule has 0 fully saturated rings. The highest BCUT2D eigenvalue weighted by Crippen LogP contribution is 2.27. The molecule has 0 spiro atoms. The molecule has 2 rings (SSSR count). The van der Waals surface area contributed by atoms with Crippen molar-refractivity contribution in [3.63, 3.8) is 0 Å². The topological polar surface area (TPSA) is 37.3 Å². The Morgan fingerprint density at radius 2 is 1.67 bits per heavy atom. The van der Waals surface area contributed by atoms with Gasteiger partial charge in [0.15, 0.2) is 0 Å². The Kier molecular flexibility index (Phi) is 4.00. The molecule has 0 radical (unpaired) electrons. The first-order valence-electron chi connectivity index (χ1n) is 5.69. The highest BCUT2D eigenvalue weighted by molar-refractivity contribution is 6.31. The van der Waals surface area contributed by atoms with E-state index in [4.69, 9.17) is 11.6 Å².